The average Bonchev–Trinajstić information content (AvgIpc) is 2.83. The van der Waals surface area contributed by atoms with E-state index in [4.69, 9.17) is 0 Å². The molecule has 0 spiro atoms. The van der Waals surface area contributed by atoms with Gasteiger partial charge in [0, 0.05) is 18.9 Å². The molecule has 0 aromatic carbocycles. The molecule has 2 rings (SSSR count). The first-order valence-corrected chi connectivity index (χ1v) is 8.07. The largest absolute Gasteiger partial charge is 0.367 e. The number of fused-ring (bicyclic) bond motifs is 1. The number of sulfonamides is 1. The molecule has 2 aromatic heterocycles. The van der Waals surface area contributed by atoms with E-state index in [0.29, 0.717) is 11.7 Å². The first-order chi connectivity index (χ1) is 9.43. The predicted molar refractivity (Wildman–Crippen MR) is 78.4 cm³/mol. The summed E-state index contributed by atoms with van der Waals surface area (Å²) in [4.78, 5) is 4.24. The fourth-order valence-corrected chi connectivity index (χ4v) is 2.34. The SMILES string of the molecule is CNS(=O)(=O)CCNc1nccn2nc(C(C)C)cc12. The third kappa shape index (κ3) is 3.26. The van der Waals surface area contributed by atoms with Crippen LogP contribution >= 0.6 is 0 Å². The van der Waals surface area contributed by atoms with Crippen molar-refractivity contribution in [1.29, 1.82) is 0 Å². The zero-order valence-corrected chi connectivity index (χ0v) is 12.6. The molecule has 2 aromatic rings. The number of nitrogens with one attached hydrogen (secondary N) is 2. The number of nitrogens with zero attached hydrogens (tertiary/aromatic N) is 3. The van der Waals surface area contributed by atoms with Crippen LogP contribution in [0.25, 0.3) is 5.52 Å². The van der Waals surface area contributed by atoms with Crippen LogP contribution in [0, 0.1) is 0 Å². The van der Waals surface area contributed by atoms with Crippen molar-refractivity contribution < 1.29 is 8.42 Å². The topological polar surface area (TPSA) is 88.4 Å². The van der Waals surface area contributed by atoms with Crippen molar-refractivity contribution in [3.8, 4) is 0 Å². The molecule has 0 atom stereocenters. The van der Waals surface area contributed by atoms with Crippen LogP contribution in [-0.2, 0) is 10.0 Å². The van der Waals surface area contributed by atoms with Gasteiger partial charge in [0.2, 0.25) is 10.0 Å². The Morgan fingerprint density at radius 3 is 2.80 bits per heavy atom. The van der Waals surface area contributed by atoms with E-state index in [0.717, 1.165) is 11.2 Å². The van der Waals surface area contributed by atoms with Crippen LogP contribution in [0.4, 0.5) is 5.82 Å². The number of anilines is 1. The third-order valence-corrected chi connectivity index (χ3v) is 4.34. The van der Waals surface area contributed by atoms with E-state index >= 15 is 0 Å². The molecule has 20 heavy (non-hydrogen) atoms. The molecule has 0 saturated heterocycles. The number of hydrogen-bond donors (Lipinski definition) is 2. The minimum atomic E-state index is -3.21. The van der Waals surface area contributed by atoms with Gasteiger partial charge in [0.25, 0.3) is 0 Å². The van der Waals surface area contributed by atoms with Gasteiger partial charge in [0.1, 0.15) is 5.52 Å². The Labute approximate surface area is 118 Å². The van der Waals surface area contributed by atoms with Gasteiger partial charge < -0.3 is 5.32 Å². The molecule has 0 fully saturated rings. The maximum atomic E-state index is 11.4. The summed E-state index contributed by atoms with van der Waals surface area (Å²) in [7, 11) is -1.81. The predicted octanol–water partition coefficient (Wildman–Crippen LogP) is 0.814. The monoisotopic (exact) mass is 297 g/mol. The van der Waals surface area contributed by atoms with Crippen molar-refractivity contribution in [3.63, 3.8) is 0 Å². The Morgan fingerprint density at radius 1 is 1.40 bits per heavy atom. The third-order valence-electron chi connectivity index (χ3n) is 2.97. The zero-order chi connectivity index (χ0) is 14.8. The second-order valence-corrected chi connectivity index (χ2v) is 6.83. The van der Waals surface area contributed by atoms with E-state index in [2.05, 4.69) is 34.0 Å². The lowest BCUT2D eigenvalue weighted by atomic mass is 10.1. The summed E-state index contributed by atoms with van der Waals surface area (Å²) in [6.45, 7) is 4.43. The highest BCUT2D eigenvalue weighted by molar-refractivity contribution is 7.89. The highest BCUT2D eigenvalue weighted by atomic mass is 32.2. The molecule has 0 aliphatic rings. The Hall–Kier alpha value is -1.67. The zero-order valence-electron chi connectivity index (χ0n) is 11.8. The summed E-state index contributed by atoms with van der Waals surface area (Å²) in [5, 5.41) is 7.49. The Bertz CT molecular complexity index is 693. The molecule has 0 saturated carbocycles. The normalized spacial score (nSPS) is 12.2. The van der Waals surface area contributed by atoms with Crippen LogP contribution < -0.4 is 10.0 Å². The lowest BCUT2D eigenvalue weighted by Gasteiger charge is -2.06. The van der Waals surface area contributed by atoms with E-state index in [-0.39, 0.29) is 12.3 Å². The molecular formula is C12H19N5O2S. The fraction of sp³-hybridized carbons (Fsp3) is 0.500. The number of rotatable bonds is 6. The minimum Gasteiger partial charge on any atom is -0.367 e. The van der Waals surface area contributed by atoms with Gasteiger partial charge in [0.05, 0.1) is 11.4 Å². The molecule has 0 aliphatic carbocycles. The summed E-state index contributed by atoms with van der Waals surface area (Å²) in [6.07, 6.45) is 3.41. The van der Waals surface area contributed by atoms with Gasteiger partial charge in [-0.1, -0.05) is 13.8 Å². The van der Waals surface area contributed by atoms with E-state index in [1.54, 1.807) is 16.9 Å². The van der Waals surface area contributed by atoms with Crippen LogP contribution in [0.2, 0.25) is 0 Å². The number of hydrogen-bond acceptors (Lipinski definition) is 5. The molecule has 0 radical (unpaired) electrons. The van der Waals surface area contributed by atoms with Gasteiger partial charge >= 0.3 is 0 Å². The molecule has 2 N–H and O–H groups in total. The Kier molecular flexibility index (Phi) is 4.24. The van der Waals surface area contributed by atoms with Gasteiger partial charge in [-0.2, -0.15) is 5.10 Å². The molecule has 8 heteroatoms. The van der Waals surface area contributed by atoms with Gasteiger partial charge in [-0.05, 0) is 19.0 Å². The van der Waals surface area contributed by atoms with Gasteiger partial charge in [-0.25, -0.2) is 22.6 Å². The molecule has 110 valence electrons. The van der Waals surface area contributed by atoms with Crippen molar-refractivity contribution >= 4 is 21.4 Å². The van der Waals surface area contributed by atoms with Crippen LogP contribution in [0.1, 0.15) is 25.5 Å². The fourth-order valence-electron chi connectivity index (χ4n) is 1.77. The molecule has 0 bridgehead atoms. The minimum absolute atomic E-state index is 0.00257. The Balaban J connectivity index is 2.18. The second kappa shape index (κ2) is 5.76. The van der Waals surface area contributed by atoms with Crippen molar-refractivity contribution in [2.45, 2.75) is 19.8 Å². The number of aromatic nitrogens is 3. The molecule has 0 amide bonds. The first kappa shape index (κ1) is 14.7. The maximum absolute atomic E-state index is 11.4. The molecule has 0 aliphatic heterocycles. The van der Waals surface area contributed by atoms with Gasteiger partial charge in [0.15, 0.2) is 5.82 Å². The second-order valence-electron chi connectivity index (χ2n) is 4.78. The highest BCUT2D eigenvalue weighted by Gasteiger charge is 2.11. The van der Waals surface area contributed by atoms with Crippen molar-refractivity contribution in [2.75, 3.05) is 24.7 Å². The smallest absolute Gasteiger partial charge is 0.213 e. The van der Waals surface area contributed by atoms with Crippen molar-refractivity contribution in [2.24, 2.45) is 0 Å². The molecular weight excluding hydrogens is 278 g/mol. The molecule has 7 nitrogen and oxygen atoms in total. The lowest BCUT2D eigenvalue weighted by molar-refractivity contribution is 0.588. The van der Waals surface area contributed by atoms with E-state index in [1.807, 2.05) is 6.07 Å². The summed E-state index contributed by atoms with van der Waals surface area (Å²) < 4.78 is 26.7. The van der Waals surface area contributed by atoms with Crippen LogP contribution in [0.3, 0.4) is 0 Å². The lowest BCUT2D eigenvalue weighted by Crippen LogP contribution is -2.26. The van der Waals surface area contributed by atoms with Crippen LogP contribution in [0.15, 0.2) is 18.5 Å². The standard InChI is InChI=1S/C12H19N5O2S/c1-9(2)10-8-11-12(14-4-6-17(11)16-10)15-5-7-20(18,19)13-3/h4,6,8-9,13H,5,7H2,1-3H3,(H,14,15). The summed E-state index contributed by atoms with van der Waals surface area (Å²) in [5.41, 5.74) is 1.82. The summed E-state index contributed by atoms with van der Waals surface area (Å²) >= 11 is 0. The van der Waals surface area contributed by atoms with Crippen molar-refractivity contribution in [3.05, 3.63) is 24.2 Å². The Morgan fingerprint density at radius 2 is 2.15 bits per heavy atom. The summed E-state index contributed by atoms with van der Waals surface area (Å²) in [6, 6.07) is 1.96. The summed E-state index contributed by atoms with van der Waals surface area (Å²) in [5.74, 6) is 0.961. The van der Waals surface area contributed by atoms with E-state index in [9.17, 15) is 8.42 Å². The first-order valence-electron chi connectivity index (χ1n) is 6.42. The molecule has 2 heterocycles. The quantitative estimate of drug-likeness (QED) is 0.824. The van der Waals surface area contributed by atoms with Crippen LogP contribution in [-0.4, -0.2) is 42.4 Å². The van der Waals surface area contributed by atoms with Crippen molar-refractivity contribution in [1.82, 2.24) is 19.3 Å². The van der Waals surface area contributed by atoms with Crippen LogP contribution in [0.5, 0.6) is 0 Å². The average molecular weight is 297 g/mol. The maximum Gasteiger partial charge on any atom is 0.213 e. The van der Waals surface area contributed by atoms with E-state index < -0.39 is 10.0 Å². The van der Waals surface area contributed by atoms with Gasteiger partial charge in [-0.3, -0.25) is 0 Å². The van der Waals surface area contributed by atoms with E-state index in [1.165, 1.54) is 7.05 Å². The highest BCUT2D eigenvalue weighted by Crippen LogP contribution is 2.19. The molecule has 0 unspecified atom stereocenters. The van der Waals surface area contributed by atoms with Gasteiger partial charge in [-0.15, -0.1) is 0 Å².